The standard InChI is InChI=1S/C28H33N9O4S/c1-15-14-41-10-9-37(15)25-12-22(21-11-24(21)42(39,40)26-17(3)35-36-18(26)4)31-27(33-25)19-5-7-20(8-6-19)30-28(38)32-23-13-29-34-16(23)2/h5-8,12-13,15,21,24H,9-11,14H2,1-4H3,(H,29,34)(H,35,36)(H2,30,32,38)/t15-,21?,24?/m0/s1. The zero-order chi connectivity index (χ0) is 29.6. The SMILES string of the molecule is Cc1n[nH]c(C)c1S(=O)(=O)C1CC1c1cc(N2CCOC[C@@H]2C)nc(-c2ccc(NC(=O)Nc3cn[nH]c3C)cc2)n1. The maximum Gasteiger partial charge on any atom is 0.323 e. The lowest BCUT2D eigenvalue weighted by Gasteiger charge is -2.34. The largest absolute Gasteiger partial charge is 0.377 e. The van der Waals surface area contributed by atoms with Crippen molar-refractivity contribution in [2.24, 2.45) is 0 Å². The van der Waals surface area contributed by atoms with Gasteiger partial charge in [0.05, 0.1) is 59.2 Å². The Kier molecular flexibility index (Phi) is 7.19. The van der Waals surface area contributed by atoms with E-state index < -0.39 is 21.1 Å². The van der Waals surface area contributed by atoms with E-state index in [1.54, 1.807) is 32.2 Å². The van der Waals surface area contributed by atoms with Gasteiger partial charge in [0.2, 0.25) is 0 Å². The summed E-state index contributed by atoms with van der Waals surface area (Å²) in [5.41, 5.74) is 4.41. The predicted molar refractivity (Wildman–Crippen MR) is 157 cm³/mol. The molecule has 1 aromatic carbocycles. The fraction of sp³-hybridized carbons (Fsp3) is 0.393. The van der Waals surface area contributed by atoms with Gasteiger partial charge in [-0.15, -0.1) is 0 Å². The van der Waals surface area contributed by atoms with E-state index in [-0.39, 0.29) is 16.9 Å². The van der Waals surface area contributed by atoms with Crippen LogP contribution in [0.4, 0.5) is 22.0 Å². The summed E-state index contributed by atoms with van der Waals surface area (Å²) in [6, 6.07) is 8.86. The van der Waals surface area contributed by atoms with Crippen molar-refractivity contribution >= 4 is 33.1 Å². The normalized spacial score (nSPS) is 20.4. The van der Waals surface area contributed by atoms with Crippen LogP contribution in [-0.2, 0) is 14.6 Å². The molecule has 2 amide bonds. The topological polar surface area (TPSA) is 171 Å². The van der Waals surface area contributed by atoms with Crippen molar-refractivity contribution in [2.45, 2.75) is 56.2 Å². The van der Waals surface area contributed by atoms with E-state index in [1.165, 1.54) is 0 Å². The summed E-state index contributed by atoms with van der Waals surface area (Å²) in [6.07, 6.45) is 2.03. The Labute approximate surface area is 243 Å². The molecule has 0 radical (unpaired) electrons. The number of amides is 2. The number of aromatic nitrogens is 6. The van der Waals surface area contributed by atoms with Crippen LogP contribution in [0.1, 0.15) is 42.0 Å². The minimum Gasteiger partial charge on any atom is -0.377 e. The van der Waals surface area contributed by atoms with Gasteiger partial charge in [0, 0.05) is 29.8 Å². The van der Waals surface area contributed by atoms with E-state index in [1.807, 2.05) is 25.1 Å². The summed E-state index contributed by atoms with van der Waals surface area (Å²) in [5, 5.41) is 18.6. The number of carbonyl (C=O) groups excluding carboxylic acids is 1. The number of H-pyrrole nitrogens is 2. The van der Waals surface area contributed by atoms with E-state index in [4.69, 9.17) is 14.7 Å². The Morgan fingerprint density at radius 1 is 1.07 bits per heavy atom. The van der Waals surface area contributed by atoms with Gasteiger partial charge in [-0.05, 0) is 58.4 Å². The molecular formula is C28H33N9O4S. The highest BCUT2D eigenvalue weighted by molar-refractivity contribution is 7.92. The van der Waals surface area contributed by atoms with Crippen molar-refractivity contribution in [1.29, 1.82) is 0 Å². The van der Waals surface area contributed by atoms with E-state index in [2.05, 4.69) is 42.9 Å². The lowest BCUT2D eigenvalue weighted by atomic mass is 10.1. The zero-order valence-corrected chi connectivity index (χ0v) is 24.6. The molecule has 4 aromatic rings. The van der Waals surface area contributed by atoms with Crippen LogP contribution < -0.4 is 15.5 Å². The molecule has 4 heterocycles. The number of aromatic amines is 2. The highest BCUT2D eigenvalue weighted by Gasteiger charge is 2.51. The third kappa shape index (κ3) is 5.34. The summed E-state index contributed by atoms with van der Waals surface area (Å²) in [4.78, 5) is 24.6. The average molecular weight is 592 g/mol. The molecule has 14 heteroatoms. The van der Waals surface area contributed by atoms with Gasteiger partial charge >= 0.3 is 6.03 Å². The van der Waals surface area contributed by atoms with Crippen LogP contribution in [0, 0.1) is 20.8 Å². The van der Waals surface area contributed by atoms with Crippen LogP contribution in [0.2, 0.25) is 0 Å². The monoisotopic (exact) mass is 591 g/mol. The van der Waals surface area contributed by atoms with Gasteiger partial charge in [-0.3, -0.25) is 10.2 Å². The Morgan fingerprint density at radius 3 is 2.52 bits per heavy atom. The fourth-order valence-electron chi connectivity index (χ4n) is 5.39. The molecule has 42 heavy (non-hydrogen) atoms. The van der Waals surface area contributed by atoms with Crippen LogP contribution in [0.5, 0.6) is 0 Å². The van der Waals surface area contributed by atoms with Crippen LogP contribution in [-0.4, -0.2) is 75.9 Å². The smallest absolute Gasteiger partial charge is 0.323 e. The Hall–Kier alpha value is -4.30. The number of ether oxygens (including phenoxy) is 1. The average Bonchev–Trinajstić information content (AvgIpc) is 3.59. The van der Waals surface area contributed by atoms with E-state index in [9.17, 15) is 13.2 Å². The number of anilines is 3. The molecule has 1 saturated heterocycles. The second kappa shape index (κ2) is 10.8. The minimum absolute atomic E-state index is 0.105. The Morgan fingerprint density at radius 2 is 1.86 bits per heavy atom. The number of urea groups is 1. The van der Waals surface area contributed by atoms with Gasteiger partial charge in [0.25, 0.3) is 0 Å². The van der Waals surface area contributed by atoms with Crippen LogP contribution >= 0.6 is 0 Å². The van der Waals surface area contributed by atoms with E-state index in [0.717, 1.165) is 17.1 Å². The highest BCUT2D eigenvalue weighted by atomic mass is 32.2. The third-order valence-electron chi connectivity index (χ3n) is 7.73. The molecule has 1 aliphatic heterocycles. The quantitative estimate of drug-likeness (QED) is 0.250. The molecule has 13 nitrogen and oxygen atoms in total. The van der Waals surface area contributed by atoms with Gasteiger partial charge in [-0.25, -0.2) is 23.2 Å². The molecule has 220 valence electrons. The number of benzene rings is 1. The van der Waals surface area contributed by atoms with Crippen LogP contribution in [0.15, 0.2) is 41.4 Å². The van der Waals surface area contributed by atoms with Crippen molar-refractivity contribution in [3.05, 3.63) is 59.3 Å². The molecule has 1 aliphatic carbocycles. The maximum atomic E-state index is 13.5. The first kappa shape index (κ1) is 27.8. The first-order valence-electron chi connectivity index (χ1n) is 13.8. The molecule has 1 saturated carbocycles. The molecule has 0 bridgehead atoms. The molecule has 0 spiro atoms. The van der Waals surface area contributed by atoms with Crippen molar-refractivity contribution in [1.82, 2.24) is 30.4 Å². The lowest BCUT2D eigenvalue weighted by Crippen LogP contribution is -2.44. The summed E-state index contributed by atoms with van der Waals surface area (Å²) >= 11 is 0. The second-order valence-electron chi connectivity index (χ2n) is 10.8. The zero-order valence-electron chi connectivity index (χ0n) is 23.8. The van der Waals surface area contributed by atoms with Crippen molar-refractivity contribution in [3.8, 4) is 11.4 Å². The summed E-state index contributed by atoms with van der Waals surface area (Å²) in [6.45, 7) is 9.15. The molecule has 2 unspecified atom stereocenters. The first-order chi connectivity index (χ1) is 20.1. The van der Waals surface area contributed by atoms with Crippen molar-refractivity contribution in [2.75, 3.05) is 35.3 Å². The number of morpholine rings is 1. The van der Waals surface area contributed by atoms with Gasteiger partial charge in [0.15, 0.2) is 15.7 Å². The number of hydrogen-bond donors (Lipinski definition) is 4. The van der Waals surface area contributed by atoms with E-state index >= 15 is 0 Å². The number of hydrogen-bond acceptors (Lipinski definition) is 9. The Bertz CT molecular complexity index is 1710. The van der Waals surface area contributed by atoms with Crippen molar-refractivity contribution < 1.29 is 17.9 Å². The molecule has 4 N–H and O–H groups in total. The number of rotatable bonds is 7. The molecule has 3 atom stereocenters. The second-order valence-corrected chi connectivity index (χ2v) is 12.9. The summed E-state index contributed by atoms with van der Waals surface area (Å²) < 4.78 is 32.7. The van der Waals surface area contributed by atoms with Crippen LogP contribution in [0.3, 0.4) is 0 Å². The molecular weight excluding hydrogens is 558 g/mol. The first-order valence-corrected chi connectivity index (χ1v) is 15.3. The number of aryl methyl sites for hydroxylation is 3. The van der Waals surface area contributed by atoms with E-state index in [0.29, 0.717) is 60.5 Å². The molecule has 2 aliphatic rings. The number of carbonyl (C=O) groups is 1. The highest BCUT2D eigenvalue weighted by Crippen LogP contribution is 2.49. The number of nitrogens with zero attached hydrogens (tertiary/aromatic N) is 5. The molecule has 2 fully saturated rings. The minimum atomic E-state index is -3.59. The third-order valence-corrected chi connectivity index (χ3v) is 10.2. The van der Waals surface area contributed by atoms with Crippen LogP contribution in [0.25, 0.3) is 11.4 Å². The summed E-state index contributed by atoms with van der Waals surface area (Å²) in [7, 11) is -3.59. The number of nitrogens with one attached hydrogen (secondary N) is 4. The molecule has 6 rings (SSSR count). The van der Waals surface area contributed by atoms with Gasteiger partial charge in [-0.1, -0.05) is 0 Å². The predicted octanol–water partition coefficient (Wildman–Crippen LogP) is 3.71. The van der Waals surface area contributed by atoms with Gasteiger partial charge in [0.1, 0.15) is 10.7 Å². The van der Waals surface area contributed by atoms with Gasteiger partial charge < -0.3 is 20.3 Å². The maximum absolute atomic E-state index is 13.5. The molecule has 3 aromatic heterocycles. The fourth-order valence-corrected chi connectivity index (χ4v) is 7.65. The Balaban J connectivity index is 1.28. The van der Waals surface area contributed by atoms with Crippen molar-refractivity contribution in [3.63, 3.8) is 0 Å². The number of sulfone groups is 1. The lowest BCUT2D eigenvalue weighted by molar-refractivity contribution is 0.0985. The summed E-state index contributed by atoms with van der Waals surface area (Å²) in [5.74, 6) is 0.975. The van der Waals surface area contributed by atoms with Gasteiger partial charge in [-0.2, -0.15) is 10.2 Å².